The predicted molar refractivity (Wildman–Crippen MR) is 60.9 cm³/mol. The molecule has 0 aromatic carbocycles. The normalized spacial score (nSPS) is 24.3. The molecule has 2 rings (SSSR count). The lowest BCUT2D eigenvalue weighted by atomic mass is 9.92. The Morgan fingerprint density at radius 1 is 1.29 bits per heavy atom. The molecule has 1 aromatic rings. The Morgan fingerprint density at radius 3 is 2.35 bits per heavy atom. The van der Waals surface area contributed by atoms with Crippen LogP contribution >= 0.6 is 0 Å². The molecule has 2 unspecified atom stereocenters. The predicted octanol–water partition coefficient (Wildman–Crippen LogP) is -1.74. The van der Waals surface area contributed by atoms with Crippen LogP contribution in [0.3, 0.4) is 0 Å². The van der Waals surface area contributed by atoms with E-state index in [2.05, 4.69) is 13.8 Å². The number of piperidine rings is 1. The lowest BCUT2D eigenvalue weighted by Crippen LogP contribution is -3.00. The summed E-state index contributed by atoms with van der Waals surface area (Å²) in [4.78, 5) is 14.1. The Kier molecular flexibility index (Phi) is 4.97. The second-order valence-electron chi connectivity index (χ2n) is 5.12. The number of aromatic nitrogens is 2. The number of aryl methyl sites for hydroxylation is 1. The maximum absolute atomic E-state index is 12.2. The summed E-state index contributed by atoms with van der Waals surface area (Å²) in [6, 6.07) is 0.0963. The van der Waals surface area contributed by atoms with Crippen LogP contribution in [0.2, 0.25) is 0 Å². The van der Waals surface area contributed by atoms with E-state index in [1.54, 1.807) is 4.57 Å². The van der Waals surface area contributed by atoms with Gasteiger partial charge in [-0.2, -0.15) is 4.57 Å². The SMILES string of the molecule is CC1CC(C)CN(C(=O)n2cc[n+](C)c2)C1.[I-]. The van der Waals surface area contributed by atoms with Gasteiger partial charge in [0.15, 0.2) is 0 Å². The molecule has 1 aliphatic heterocycles. The van der Waals surface area contributed by atoms with E-state index in [9.17, 15) is 4.79 Å². The van der Waals surface area contributed by atoms with Crippen molar-refractivity contribution in [3.05, 3.63) is 18.7 Å². The fraction of sp³-hybridized carbons (Fsp3) is 0.667. The lowest BCUT2D eigenvalue weighted by Gasteiger charge is -2.33. The maximum Gasteiger partial charge on any atom is 0.415 e. The van der Waals surface area contributed by atoms with Crippen LogP contribution in [-0.2, 0) is 7.05 Å². The summed E-state index contributed by atoms with van der Waals surface area (Å²) in [7, 11) is 1.92. The van der Waals surface area contributed by atoms with Crippen molar-refractivity contribution in [2.45, 2.75) is 20.3 Å². The first kappa shape index (κ1) is 14.5. The molecule has 0 saturated carbocycles. The fourth-order valence-corrected chi connectivity index (χ4v) is 2.55. The van der Waals surface area contributed by atoms with Gasteiger partial charge in [0.2, 0.25) is 0 Å². The minimum absolute atomic E-state index is 0. The third kappa shape index (κ3) is 3.43. The Hall–Kier alpha value is -0.590. The molecule has 5 heteroatoms. The third-order valence-electron chi connectivity index (χ3n) is 3.13. The molecule has 1 aliphatic rings. The van der Waals surface area contributed by atoms with E-state index in [0.29, 0.717) is 11.8 Å². The molecule has 17 heavy (non-hydrogen) atoms. The Bertz CT molecular complexity index is 381. The van der Waals surface area contributed by atoms with Gasteiger partial charge in [-0.05, 0) is 18.3 Å². The minimum Gasteiger partial charge on any atom is -1.00 e. The van der Waals surface area contributed by atoms with Crippen LogP contribution in [0.1, 0.15) is 20.3 Å². The third-order valence-corrected chi connectivity index (χ3v) is 3.13. The summed E-state index contributed by atoms with van der Waals surface area (Å²) in [5.41, 5.74) is 0. The van der Waals surface area contributed by atoms with Gasteiger partial charge < -0.3 is 28.9 Å². The van der Waals surface area contributed by atoms with E-state index in [-0.39, 0.29) is 30.0 Å². The van der Waals surface area contributed by atoms with Gasteiger partial charge in [-0.1, -0.05) is 13.8 Å². The second kappa shape index (κ2) is 5.84. The smallest absolute Gasteiger partial charge is 0.415 e. The summed E-state index contributed by atoms with van der Waals surface area (Å²) in [5.74, 6) is 1.22. The van der Waals surface area contributed by atoms with Crippen molar-refractivity contribution < 1.29 is 33.3 Å². The van der Waals surface area contributed by atoms with E-state index >= 15 is 0 Å². The van der Waals surface area contributed by atoms with Crippen molar-refractivity contribution in [3.8, 4) is 0 Å². The molecule has 4 nitrogen and oxygen atoms in total. The highest BCUT2D eigenvalue weighted by atomic mass is 127. The molecule has 2 atom stereocenters. The number of imidazole rings is 1. The van der Waals surface area contributed by atoms with Gasteiger partial charge in [0, 0.05) is 13.1 Å². The van der Waals surface area contributed by atoms with Crippen molar-refractivity contribution >= 4 is 6.03 Å². The molecule has 0 radical (unpaired) electrons. The summed E-state index contributed by atoms with van der Waals surface area (Å²) in [5, 5.41) is 0. The summed E-state index contributed by atoms with van der Waals surface area (Å²) in [6.07, 6.45) is 6.73. The quantitative estimate of drug-likeness (QED) is 0.404. The highest BCUT2D eigenvalue weighted by Gasteiger charge is 2.28. The maximum atomic E-state index is 12.2. The fourth-order valence-electron chi connectivity index (χ4n) is 2.55. The molecule has 1 saturated heterocycles. The molecule has 0 spiro atoms. The van der Waals surface area contributed by atoms with Crippen LogP contribution in [0, 0.1) is 11.8 Å². The lowest BCUT2D eigenvalue weighted by molar-refractivity contribution is -0.670. The van der Waals surface area contributed by atoms with E-state index in [0.717, 1.165) is 13.1 Å². The summed E-state index contributed by atoms with van der Waals surface area (Å²) in [6.45, 7) is 6.19. The average molecular weight is 349 g/mol. The summed E-state index contributed by atoms with van der Waals surface area (Å²) >= 11 is 0. The number of carbonyl (C=O) groups is 1. The Morgan fingerprint density at radius 2 is 1.88 bits per heavy atom. The highest BCUT2D eigenvalue weighted by Crippen LogP contribution is 2.21. The monoisotopic (exact) mass is 349 g/mol. The van der Waals surface area contributed by atoms with E-state index in [1.165, 1.54) is 6.42 Å². The number of rotatable bonds is 0. The topological polar surface area (TPSA) is 29.1 Å². The van der Waals surface area contributed by atoms with E-state index in [4.69, 9.17) is 0 Å². The highest BCUT2D eigenvalue weighted by molar-refractivity contribution is 5.76. The average Bonchev–Trinajstić information content (AvgIpc) is 2.62. The van der Waals surface area contributed by atoms with E-state index in [1.807, 2.05) is 35.2 Å². The first-order chi connectivity index (χ1) is 7.56. The number of carbonyl (C=O) groups excluding carboxylic acids is 1. The van der Waals surface area contributed by atoms with Gasteiger partial charge in [0.1, 0.15) is 12.4 Å². The van der Waals surface area contributed by atoms with Crippen LogP contribution in [0.5, 0.6) is 0 Å². The molecule has 0 N–H and O–H groups in total. The Labute approximate surface area is 120 Å². The van der Waals surface area contributed by atoms with Gasteiger partial charge >= 0.3 is 6.03 Å². The van der Waals surface area contributed by atoms with Gasteiger partial charge in [-0.15, -0.1) is 0 Å². The first-order valence-electron chi connectivity index (χ1n) is 5.88. The second-order valence-corrected chi connectivity index (χ2v) is 5.12. The van der Waals surface area contributed by atoms with Crippen LogP contribution in [0.4, 0.5) is 4.79 Å². The standard InChI is InChI=1S/C12H20N3O.HI/c1-10-6-11(2)8-15(7-10)12(16)14-5-4-13(3)9-14;/h4-5,9-11H,6-8H2,1-3H3;1H/q+1;/p-1. The molecular weight excluding hydrogens is 329 g/mol. The molecule has 1 fully saturated rings. The number of likely N-dealkylation sites (tertiary alicyclic amines) is 1. The van der Waals surface area contributed by atoms with Gasteiger partial charge in [-0.25, -0.2) is 9.36 Å². The van der Waals surface area contributed by atoms with Crippen molar-refractivity contribution in [3.63, 3.8) is 0 Å². The number of hydrogen-bond acceptors (Lipinski definition) is 1. The molecule has 1 aromatic heterocycles. The van der Waals surface area contributed by atoms with Gasteiger partial charge in [0.05, 0.1) is 7.05 Å². The largest absolute Gasteiger partial charge is 1.00 e. The number of nitrogens with zero attached hydrogens (tertiary/aromatic N) is 3. The molecular formula is C12H20IN3O. The Balaban J connectivity index is 0.00000144. The zero-order chi connectivity index (χ0) is 11.7. The van der Waals surface area contributed by atoms with Gasteiger partial charge in [0.25, 0.3) is 6.33 Å². The zero-order valence-corrected chi connectivity index (χ0v) is 12.8. The molecule has 0 aliphatic carbocycles. The van der Waals surface area contributed by atoms with Crippen LogP contribution in [-0.4, -0.2) is 28.6 Å². The molecule has 2 heterocycles. The van der Waals surface area contributed by atoms with E-state index < -0.39 is 0 Å². The van der Waals surface area contributed by atoms with Gasteiger partial charge in [-0.3, -0.25) is 0 Å². The van der Waals surface area contributed by atoms with Crippen LogP contribution < -0.4 is 28.5 Å². The number of amides is 1. The van der Waals surface area contributed by atoms with Crippen molar-refractivity contribution in [1.29, 1.82) is 0 Å². The van der Waals surface area contributed by atoms with Crippen molar-refractivity contribution in [2.24, 2.45) is 18.9 Å². The minimum atomic E-state index is 0. The van der Waals surface area contributed by atoms with Crippen molar-refractivity contribution in [1.82, 2.24) is 9.47 Å². The number of halogens is 1. The van der Waals surface area contributed by atoms with Crippen LogP contribution in [0.15, 0.2) is 18.7 Å². The molecule has 96 valence electrons. The molecule has 0 bridgehead atoms. The zero-order valence-electron chi connectivity index (χ0n) is 10.6. The van der Waals surface area contributed by atoms with Crippen LogP contribution in [0.25, 0.3) is 0 Å². The van der Waals surface area contributed by atoms with Crippen molar-refractivity contribution in [2.75, 3.05) is 13.1 Å². The summed E-state index contributed by atoms with van der Waals surface area (Å²) < 4.78 is 3.54. The molecule has 1 amide bonds. The first-order valence-corrected chi connectivity index (χ1v) is 5.88. The number of hydrogen-bond donors (Lipinski definition) is 0.